The van der Waals surface area contributed by atoms with E-state index in [4.69, 9.17) is 10.5 Å². The van der Waals surface area contributed by atoms with Gasteiger partial charge in [-0.25, -0.2) is 4.39 Å². The van der Waals surface area contributed by atoms with Crippen molar-refractivity contribution >= 4 is 6.34 Å². The number of aryl methyl sites for hydroxylation is 2. The van der Waals surface area contributed by atoms with E-state index in [1.165, 1.54) is 6.34 Å². The first-order valence-electron chi connectivity index (χ1n) is 8.06. The van der Waals surface area contributed by atoms with Gasteiger partial charge in [0.2, 0.25) is 0 Å². The number of ether oxygens (including phenoxy) is 1. The second-order valence-corrected chi connectivity index (χ2v) is 5.94. The van der Waals surface area contributed by atoms with Gasteiger partial charge in [0.15, 0.2) is 11.6 Å². The quantitative estimate of drug-likeness (QED) is 0.419. The molecule has 2 rings (SSSR count). The number of aliphatic imine (C=N–C) groups is 1. The van der Waals surface area contributed by atoms with Gasteiger partial charge in [-0.2, -0.15) is 13.2 Å². The van der Waals surface area contributed by atoms with Crippen LogP contribution in [0.5, 0.6) is 11.5 Å². The first kappa shape index (κ1) is 19.8. The van der Waals surface area contributed by atoms with Gasteiger partial charge in [0.25, 0.3) is 0 Å². The van der Waals surface area contributed by atoms with E-state index in [-0.39, 0.29) is 11.8 Å². The van der Waals surface area contributed by atoms with E-state index in [0.717, 1.165) is 35.2 Å². The molecule has 0 fully saturated rings. The standard InChI is InChI=1S/C19H20F4N2O/c1-4-16(25-10-24)14-7-12(3)18(8-11(14)2)26-17-6-5-13(9-15(17)20)19(21,22)23/h5-10,16H,4H2,1-3H3,(H2,24,25). The maximum atomic E-state index is 14.0. The van der Waals surface area contributed by atoms with Crippen molar-refractivity contribution in [2.75, 3.05) is 0 Å². The minimum absolute atomic E-state index is 0.101. The fraction of sp³-hybridized carbons (Fsp3) is 0.316. The molecule has 0 radical (unpaired) electrons. The summed E-state index contributed by atoms with van der Waals surface area (Å²) in [4.78, 5) is 4.22. The monoisotopic (exact) mass is 368 g/mol. The highest BCUT2D eigenvalue weighted by Crippen LogP contribution is 2.36. The molecular formula is C19H20F4N2O. The minimum atomic E-state index is -4.60. The Morgan fingerprint density at radius 3 is 2.35 bits per heavy atom. The van der Waals surface area contributed by atoms with Crippen LogP contribution in [0.25, 0.3) is 0 Å². The van der Waals surface area contributed by atoms with Crippen molar-refractivity contribution in [2.24, 2.45) is 10.7 Å². The molecule has 7 heteroatoms. The van der Waals surface area contributed by atoms with Gasteiger partial charge in [0.1, 0.15) is 5.75 Å². The van der Waals surface area contributed by atoms with Crippen molar-refractivity contribution in [3.63, 3.8) is 0 Å². The number of benzene rings is 2. The molecule has 0 aliphatic heterocycles. The predicted molar refractivity (Wildman–Crippen MR) is 93.1 cm³/mol. The topological polar surface area (TPSA) is 47.6 Å². The highest BCUT2D eigenvalue weighted by molar-refractivity contribution is 5.53. The van der Waals surface area contributed by atoms with Crippen LogP contribution in [0.3, 0.4) is 0 Å². The highest BCUT2D eigenvalue weighted by atomic mass is 19.4. The van der Waals surface area contributed by atoms with Gasteiger partial charge in [0.05, 0.1) is 17.9 Å². The summed E-state index contributed by atoms with van der Waals surface area (Å²) in [5, 5.41) is 0. The lowest BCUT2D eigenvalue weighted by molar-refractivity contribution is -0.137. The van der Waals surface area contributed by atoms with E-state index in [1.54, 1.807) is 13.0 Å². The number of nitrogens with zero attached hydrogens (tertiary/aromatic N) is 1. The Bertz CT molecular complexity index is 816. The van der Waals surface area contributed by atoms with E-state index < -0.39 is 17.6 Å². The summed E-state index contributed by atoms with van der Waals surface area (Å²) >= 11 is 0. The van der Waals surface area contributed by atoms with Gasteiger partial charge in [-0.15, -0.1) is 0 Å². The Kier molecular flexibility index (Phi) is 5.90. The lowest BCUT2D eigenvalue weighted by Crippen LogP contribution is -2.05. The van der Waals surface area contributed by atoms with Crippen LogP contribution in [0.2, 0.25) is 0 Å². The molecule has 1 unspecified atom stereocenters. The zero-order valence-corrected chi connectivity index (χ0v) is 14.7. The van der Waals surface area contributed by atoms with Crippen LogP contribution in [0.1, 0.15) is 41.6 Å². The normalized spacial score (nSPS) is 13.2. The Morgan fingerprint density at radius 2 is 1.81 bits per heavy atom. The molecule has 0 saturated heterocycles. The molecule has 0 aliphatic rings. The number of alkyl halides is 3. The molecule has 2 aromatic rings. The van der Waals surface area contributed by atoms with Gasteiger partial charge in [-0.1, -0.05) is 6.92 Å². The summed E-state index contributed by atoms with van der Waals surface area (Å²) in [5.74, 6) is -0.961. The van der Waals surface area contributed by atoms with Crippen molar-refractivity contribution in [3.05, 3.63) is 58.4 Å². The average molecular weight is 368 g/mol. The van der Waals surface area contributed by atoms with Crippen molar-refractivity contribution in [1.82, 2.24) is 0 Å². The zero-order valence-electron chi connectivity index (χ0n) is 14.7. The minimum Gasteiger partial charge on any atom is -0.454 e. The van der Waals surface area contributed by atoms with Crippen molar-refractivity contribution in [2.45, 2.75) is 39.4 Å². The molecule has 2 aromatic carbocycles. The van der Waals surface area contributed by atoms with Gasteiger partial charge in [-0.05, 0) is 67.3 Å². The average Bonchev–Trinajstić information content (AvgIpc) is 2.56. The number of rotatable bonds is 5. The fourth-order valence-electron chi connectivity index (χ4n) is 2.67. The van der Waals surface area contributed by atoms with Crippen LogP contribution in [0, 0.1) is 19.7 Å². The maximum Gasteiger partial charge on any atom is 0.416 e. The van der Waals surface area contributed by atoms with Gasteiger partial charge >= 0.3 is 6.18 Å². The third-order valence-corrected chi connectivity index (χ3v) is 4.05. The van der Waals surface area contributed by atoms with Gasteiger partial charge < -0.3 is 10.5 Å². The Labute approximate surface area is 149 Å². The Balaban J connectivity index is 2.35. The number of hydrogen-bond donors (Lipinski definition) is 1. The molecule has 2 N–H and O–H groups in total. The second kappa shape index (κ2) is 7.76. The number of halogens is 4. The zero-order chi connectivity index (χ0) is 19.5. The first-order valence-corrected chi connectivity index (χ1v) is 8.06. The molecule has 0 bridgehead atoms. The van der Waals surface area contributed by atoms with Gasteiger partial charge in [0, 0.05) is 0 Å². The molecular weight excluding hydrogens is 348 g/mol. The lowest BCUT2D eigenvalue weighted by Gasteiger charge is -2.17. The van der Waals surface area contributed by atoms with E-state index in [2.05, 4.69) is 4.99 Å². The Hall–Kier alpha value is -2.57. The van der Waals surface area contributed by atoms with E-state index in [1.807, 2.05) is 19.9 Å². The summed E-state index contributed by atoms with van der Waals surface area (Å²) in [6.07, 6.45) is -2.60. The SMILES string of the molecule is CCC(N=CN)c1cc(C)c(Oc2ccc(C(F)(F)F)cc2F)cc1C. The van der Waals surface area contributed by atoms with Gasteiger partial charge in [-0.3, -0.25) is 4.99 Å². The van der Waals surface area contributed by atoms with Crippen LogP contribution < -0.4 is 10.5 Å². The van der Waals surface area contributed by atoms with Crippen LogP contribution in [0.15, 0.2) is 35.3 Å². The molecule has 0 heterocycles. The third-order valence-electron chi connectivity index (χ3n) is 4.05. The summed E-state index contributed by atoms with van der Waals surface area (Å²) in [7, 11) is 0. The largest absolute Gasteiger partial charge is 0.454 e. The number of nitrogens with two attached hydrogens (primary N) is 1. The molecule has 0 aliphatic carbocycles. The molecule has 26 heavy (non-hydrogen) atoms. The van der Waals surface area contributed by atoms with Crippen molar-refractivity contribution in [3.8, 4) is 11.5 Å². The second-order valence-electron chi connectivity index (χ2n) is 5.94. The summed E-state index contributed by atoms with van der Waals surface area (Å²) in [5.41, 5.74) is 6.88. The van der Waals surface area contributed by atoms with Crippen LogP contribution in [-0.4, -0.2) is 6.34 Å². The number of hydrogen-bond acceptors (Lipinski definition) is 2. The first-order chi connectivity index (χ1) is 12.2. The third kappa shape index (κ3) is 4.33. The smallest absolute Gasteiger partial charge is 0.416 e. The maximum absolute atomic E-state index is 14.0. The van der Waals surface area contributed by atoms with Crippen LogP contribution in [0.4, 0.5) is 17.6 Å². The molecule has 140 valence electrons. The molecule has 3 nitrogen and oxygen atoms in total. The molecule has 0 saturated carbocycles. The van der Waals surface area contributed by atoms with Crippen LogP contribution in [-0.2, 0) is 6.18 Å². The summed E-state index contributed by atoms with van der Waals surface area (Å²) in [6, 6.07) is 5.68. The van der Waals surface area contributed by atoms with Crippen molar-refractivity contribution < 1.29 is 22.3 Å². The molecule has 1 atom stereocenters. The fourth-order valence-corrected chi connectivity index (χ4v) is 2.67. The molecule has 0 spiro atoms. The molecule has 0 amide bonds. The highest BCUT2D eigenvalue weighted by Gasteiger charge is 2.31. The summed E-state index contributed by atoms with van der Waals surface area (Å²) < 4.78 is 57.4. The molecule has 0 aromatic heterocycles. The van der Waals surface area contributed by atoms with E-state index in [0.29, 0.717) is 11.8 Å². The van der Waals surface area contributed by atoms with Crippen molar-refractivity contribution in [1.29, 1.82) is 0 Å². The lowest BCUT2D eigenvalue weighted by atomic mass is 9.97. The van der Waals surface area contributed by atoms with E-state index >= 15 is 0 Å². The summed E-state index contributed by atoms with van der Waals surface area (Å²) in [6.45, 7) is 5.62. The van der Waals surface area contributed by atoms with Crippen LogP contribution >= 0.6 is 0 Å². The predicted octanol–water partition coefficient (Wildman–Crippen LogP) is 5.69. The van der Waals surface area contributed by atoms with E-state index in [9.17, 15) is 17.6 Å². The Morgan fingerprint density at radius 1 is 1.12 bits per heavy atom.